The summed E-state index contributed by atoms with van der Waals surface area (Å²) in [5.74, 6) is 1.23. The molecule has 0 aliphatic carbocycles. The number of methoxy groups -OCH3 is 1. The van der Waals surface area contributed by atoms with Crippen molar-refractivity contribution in [3.8, 4) is 5.69 Å². The van der Waals surface area contributed by atoms with E-state index in [9.17, 15) is 9.59 Å². The summed E-state index contributed by atoms with van der Waals surface area (Å²) in [5.41, 5.74) is 8.44. The predicted molar refractivity (Wildman–Crippen MR) is 145 cm³/mol. The Kier molecular flexibility index (Phi) is 9.62. The summed E-state index contributed by atoms with van der Waals surface area (Å²) >= 11 is 11.5. The highest BCUT2D eigenvalue weighted by Gasteiger charge is 2.17. The molecule has 4 rings (SSSR count). The number of nitrogens with zero attached hydrogens (tertiary/aromatic N) is 8. The Morgan fingerprint density at radius 1 is 1.13 bits per heavy atom. The van der Waals surface area contributed by atoms with Gasteiger partial charge in [0.2, 0.25) is 4.47 Å². The molecule has 0 radical (unpaired) electrons. The Bertz CT molecular complexity index is 1470. The largest absolute Gasteiger partial charge is 0.465 e. The van der Waals surface area contributed by atoms with Gasteiger partial charge in [0.05, 0.1) is 24.1 Å². The number of hydrogen-bond acceptors (Lipinski definition) is 16. The number of aromatic nitrogens is 6. The highest BCUT2D eigenvalue weighted by Crippen LogP contribution is 2.34. The average Bonchev–Trinajstić information content (AvgIpc) is 3.62. The number of esters is 1. The van der Waals surface area contributed by atoms with Gasteiger partial charge >= 0.3 is 5.97 Å². The van der Waals surface area contributed by atoms with Crippen LogP contribution < -0.4 is 5.73 Å². The van der Waals surface area contributed by atoms with Crippen LogP contribution in [0.4, 0.5) is 16.6 Å². The zero-order valence-electron chi connectivity index (χ0n) is 19.7. The second kappa shape index (κ2) is 13.1. The van der Waals surface area contributed by atoms with Crippen LogP contribution >= 0.6 is 57.8 Å². The molecule has 3 heterocycles. The molecule has 2 N–H and O–H groups in total. The van der Waals surface area contributed by atoms with Crippen molar-refractivity contribution in [1.29, 1.82) is 0 Å². The third-order valence-corrected chi connectivity index (χ3v) is 8.93. The van der Waals surface area contributed by atoms with Gasteiger partial charge in [-0.15, -0.1) is 30.6 Å². The Morgan fingerprint density at radius 2 is 1.87 bits per heavy atom. The number of ether oxygens (including phenoxy) is 2. The molecule has 0 fully saturated rings. The quantitative estimate of drug-likeness (QED) is 0.0757. The van der Waals surface area contributed by atoms with Gasteiger partial charge in [-0.2, -0.15) is 5.10 Å². The van der Waals surface area contributed by atoms with Gasteiger partial charge in [0.15, 0.2) is 20.2 Å². The van der Waals surface area contributed by atoms with Crippen molar-refractivity contribution in [2.75, 3.05) is 24.3 Å². The topological polar surface area (TPSA) is 173 Å². The zero-order valence-corrected chi connectivity index (χ0v) is 23.8. The van der Waals surface area contributed by atoms with Gasteiger partial charge < -0.3 is 15.2 Å². The molecule has 0 spiro atoms. The maximum absolute atomic E-state index is 12.1. The van der Waals surface area contributed by atoms with Crippen LogP contribution in [-0.2, 0) is 20.9 Å². The van der Waals surface area contributed by atoms with Crippen LogP contribution in [0.3, 0.4) is 0 Å². The maximum Gasteiger partial charge on any atom is 0.337 e. The van der Waals surface area contributed by atoms with Gasteiger partial charge in [0.1, 0.15) is 6.61 Å². The average molecular weight is 612 g/mol. The molecular formula is C20H18ClN9O4S4. The van der Waals surface area contributed by atoms with Gasteiger partial charge in [-0.05, 0) is 42.3 Å². The second-order valence-electron chi connectivity index (χ2n) is 7.09. The third-order valence-electron chi connectivity index (χ3n) is 4.57. The lowest BCUT2D eigenvalue weighted by molar-refractivity contribution is -0.129. The van der Waals surface area contributed by atoms with E-state index in [0.717, 1.165) is 20.2 Å². The van der Waals surface area contributed by atoms with Gasteiger partial charge in [0, 0.05) is 11.5 Å². The molecule has 0 saturated carbocycles. The minimum absolute atomic E-state index is 0.0411. The molecule has 0 saturated heterocycles. The molecule has 0 aliphatic heterocycles. The van der Waals surface area contributed by atoms with Crippen molar-refractivity contribution in [3.63, 3.8) is 0 Å². The highest BCUT2D eigenvalue weighted by molar-refractivity contribution is 8.04. The lowest BCUT2D eigenvalue weighted by Crippen LogP contribution is -2.08. The number of anilines is 1. The summed E-state index contributed by atoms with van der Waals surface area (Å²) in [6, 6.07) is 4.81. The Labute approximate surface area is 237 Å². The van der Waals surface area contributed by atoms with Crippen molar-refractivity contribution in [2.45, 2.75) is 22.2 Å². The molecule has 18 heteroatoms. The minimum atomic E-state index is -0.560. The normalized spacial score (nSPS) is 11.2. The molecule has 198 valence electrons. The van der Waals surface area contributed by atoms with E-state index in [4.69, 9.17) is 26.8 Å². The Morgan fingerprint density at radius 3 is 2.55 bits per heavy atom. The van der Waals surface area contributed by atoms with Gasteiger partial charge in [-0.25, -0.2) is 9.48 Å². The van der Waals surface area contributed by atoms with Crippen molar-refractivity contribution >= 4 is 86.9 Å². The van der Waals surface area contributed by atoms with Crippen LogP contribution in [0, 0.1) is 6.92 Å². The minimum Gasteiger partial charge on any atom is -0.465 e. The monoisotopic (exact) mass is 611 g/mol. The van der Waals surface area contributed by atoms with E-state index in [1.807, 2.05) is 0 Å². The number of carbonyl (C=O) groups is 2. The Balaban J connectivity index is 1.46. The van der Waals surface area contributed by atoms with Crippen LogP contribution in [0.1, 0.15) is 21.6 Å². The summed E-state index contributed by atoms with van der Waals surface area (Å²) in [7, 11) is 1.27. The lowest BCUT2D eigenvalue weighted by atomic mass is 10.1. The molecule has 4 aromatic rings. The summed E-state index contributed by atoms with van der Waals surface area (Å²) in [6.45, 7) is 2.01. The molecule has 0 unspecified atom stereocenters. The van der Waals surface area contributed by atoms with Crippen LogP contribution in [0.15, 0.2) is 37.1 Å². The number of benzene rings is 1. The number of carbonyl (C=O) groups excluding carboxylic acids is 2. The SMILES string of the molecule is COC(=O)c1cc(COC=O)cc(-n2nc(C)c(N=Nc3nnc(SCCSc4nnc(Cl)s4)s3)c2N)c1. The lowest BCUT2D eigenvalue weighted by Gasteiger charge is -2.09. The van der Waals surface area contributed by atoms with E-state index in [0.29, 0.717) is 38.7 Å². The number of hydrogen-bond donors (Lipinski definition) is 1. The first-order chi connectivity index (χ1) is 18.4. The molecule has 0 amide bonds. The van der Waals surface area contributed by atoms with E-state index in [2.05, 4.69) is 35.7 Å². The van der Waals surface area contributed by atoms with Crippen molar-refractivity contribution < 1.29 is 19.1 Å². The van der Waals surface area contributed by atoms with E-state index in [1.165, 1.54) is 34.5 Å². The predicted octanol–water partition coefficient (Wildman–Crippen LogP) is 4.88. The van der Waals surface area contributed by atoms with Crippen molar-refractivity contribution in [1.82, 2.24) is 30.2 Å². The summed E-state index contributed by atoms with van der Waals surface area (Å²) in [4.78, 5) is 22.8. The first kappa shape index (κ1) is 27.9. The van der Waals surface area contributed by atoms with Crippen LogP contribution in [0.2, 0.25) is 4.47 Å². The molecule has 38 heavy (non-hydrogen) atoms. The van der Waals surface area contributed by atoms with Gasteiger partial charge in [0.25, 0.3) is 11.6 Å². The number of aryl methyl sites for hydroxylation is 1. The molecule has 13 nitrogen and oxygen atoms in total. The first-order valence-corrected chi connectivity index (χ1v) is 14.5. The number of halogens is 1. The standard InChI is InChI=1S/C20H18ClN9O4S4/c1-10-14(23-25-18-26-28-20(38-18)36-4-3-35-19-27-24-17(21)37-19)15(22)30(29-10)13-6-11(8-34-9-31)5-12(7-13)16(32)33-2/h5-7,9H,3-4,8,22H2,1-2H3. The first-order valence-electron chi connectivity index (χ1n) is 10.5. The zero-order chi connectivity index (χ0) is 27.1. The van der Waals surface area contributed by atoms with Crippen molar-refractivity contribution in [3.05, 3.63) is 39.5 Å². The van der Waals surface area contributed by atoms with Gasteiger partial charge in [-0.3, -0.25) is 4.79 Å². The van der Waals surface area contributed by atoms with Crippen molar-refractivity contribution in [2.24, 2.45) is 10.2 Å². The van der Waals surface area contributed by atoms with Gasteiger partial charge in [-0.1, -0.05) is 46.2 Å². The number of nitrogen functional groups attached to an aromatic ring is 1. The smallest absolute Gasteiger partial charge is 0.337 e. The Hall–Kier alpha value is -3.12. The fourth-order valence-electron chi connectivity index (χ4n) is 3.01. The maximum atomic E-state index is 12.1. The van der Waals surface area contributed by atoms with E-state index < -0.39 is 5.97 Å². The summed E-state index contributed by atoms with van der Waals surface area (Å²) < 4.78 is 13.1. The molecule has 0 bridgehead atoms. The summed E-state index contributed by atoms with van der Waals surface area (Å²) in [5, 5.41) is 29.2. The fraction of sp³-hybridized carbons (Fsp3) is 0.250. The van der Waals surface area contributed by atoms with E-state index in [-0.39, 0.29) is 18.0 Å². The molecular weight excluding hydrogens is 594 g/mol. The van der Waals surface area contributed by atoms with Crippen LogP contribution in [0.5, 0.6) is 0 Å². The molecule has 3 aromatic heterocycles. The second-order valence-corrected chi connectivity index (χ2v) is 12.3. The highest BCUT2D eigenvalue weighted by atomic mass is 35.5. The van der Waals surface area contributed by atoms with E-state index >= 15 is 0 Å². The van der Waals surface area contributed by atoms with Crippen LogP contribution in [-0.4, -0.2) is 61.2 Å². The number of rotatable bonds is 12. The molecule has 0 aliphatic rings. The number of nitrogens with two attached hydrogens (primary N) is 1. The molecule has 1 aromatic carbocycles. The fourth-order valence-corrected chi connectivity index (χ4v) is 6.75. The number of thioether (sulfide) groups is 2. The molecule has 0 atom stereocenters. The van der Waals surface area contributed by atoms with E-state index in [1.54, 1.807) is 48.6 Å². The van der Waals surface area contributed by atoms with Crippen LogP contribution in [0.25, 0.3) is 5.69 Å². The third kappa shape index (κ3) is 7.04. The summed E-state index contributed by atoms with van der Waals surface area (Å²) in [6.07, 6.45) is 0. The number of azo groups is 1.